The van der Waals surface area contributed by atoms with Crippen molar-refractivity contribution in [2.45, 2.75) is 52.2 Å². The summed E-state index contributed by atoms with van der Waals surface area (Å²) in [5.74, 6) is 0.324. The fourth-order valence-electron chi connectivity index (χ4n) is 4.42. The smallest absolute Gasteiger partial charge is 0.278 e. The van der Waals surface area contributed by atoms with Crippen molar-refractivity contribution >= 4 is 17.2 Å². The van der Waals surface area contributed by atoms with Gasteiger partial charge in [0.1, 0.15) is 11.5 Å². The quantitative estimate of drug-likeness (QED) is 0.663. The van der Waals surface area contributed by atoms with Crippen LogP contribution in [-0.2, 0) is 19.5 Å². The summed E-state index contributed by atoms with van der Waals surface area (Å²) in [6, 6.07) is 1.86. The van der Waals surface area contributed by atoms with Gasteiger partial charge in [-0.3, -0.25) is 14.5 Å². The number of carbonyl (C=O) groups is 1. The van der Waals surface area contributed by atoms with Crippen LogP contribution < -0.4 is 5.56 Å². The van der Waals surface area contributed by atoms with Gasteiger partial charge in [0, 0.05) is 37.5 Å². The number of carbonyl (C=O) groups excluding carboxylic acids is 1. The number of nitrogens with zero attached hydrogens (tertiary/aromatic N) is 5. The van der Waals surface area contributed by atoms with Crippen LogP contribution in [0.5, 0.6) is 0 Å². The maximum Gasteiger partial charge on any atom is 0.278 e. The molecular formula is C21H24N6O3S. The molecule has 0 bridgehead atoms. The highest BCUT2D eigenvalue weighted by atomic mass is 32.1. The summed E-state index contributed by atoms with van der Waals surface area (Å²) in [7, 11) is 0. The average molecular weight is 441 g/mol. The van der Waals surface area contributed by atoms with Gasteiger partial charge in [0.15, 0.2) is 5.69 Å². The summed E-state index contributed by atoms with van der Waals surface area (Å²) in [5, 5.41) is 9.56. The highest BCUT2D eigenvalue weighted by Gasteiger charge is 2.35. The predicted octanol–water partition coefficient (Wildman–Crippen LogP) is 2.37. The summed E-state index contributed by atoms with van der Waals surface area (Å²) in [5.41, 5.74) is 3.44. The number of fused-ring (bicyclic) bond motifs is 1. The summed E-state index contributed by atoms with van der Waals surface area (Å²) < 4.78 is 4.69. The summed E-state index contributed by atoms with van der Waals surface area (Å²) in [4.78, 5) is 39.0. The largest absolute Gasteiger partial charge is 0.327 e. The second kappa shape index (κ2) is 8.01. The number of nitrogens with one attached hydrogen (secondary N) is 1. The molecule has 1 amide bonds. The minimum atomic E-state index is -0.270. The minimum Gasteiger partial charge on any atom is -0.327 e. The molecule has 0 unspecified atom stereocenters. The van der Waals surface area contributed by atoms with Crippen LogP contribution in [0.1, 0.15) is 62.6 Å². The zero-order chi connectivity index (χ0) is 21.5. The number of hydrogen-bond donors (Lipinski definition) is 1. The lowest BCUT2D eigenvalue weighted by atomic mass is 10.1. The number of amides is 1. The van der Waals surface area contributed by atoms with Crippen LogP contribution in [0.4, 0.5) is 0 Å². The van der Waals surface area contributed by atoms with Gasteiger partial charge in [0.25, 0.3) is 11.5 Å². The summed E-state index contributed by atoms with van der Waals surface area (Å²) >= 11 is 1.75. The Labute approximate surface area is 183 Å². The molecule has 1 atom stereocenters. The molecular weight excluding hydrogens is 416 g/mol. The van der Waals surface area contributed by atoms with Crippen molar-refractivity contribution in [3.63, 3.8) is 0 Å². The first-order chi connectivity index (χ1) is 15.0. The fourth-order valence-corrected chi connectivity index (χ4v) is 5.37. The van der Waals surface area contributed by atoms with E-state index in [9.17, 15) is 9.59 Å². The molecule has 10 heteroatoms. The Morgan fingerprint density at radius 2 is 2.19 bits per heavy atom. The van der Waals surface area contributed by atoms with Crippen molar-refractivity contribution in [2.75, 3.05) is 13.1 Å². The molecule has 0 aromatic carbocycles. The number of rotatable bonds is 4. The molecule has 0 saturated carbocycles. The van der Waals surface area contributed by atoms with E-state index in [-0.39, 0.29) is 23.2 Å². The molecule has 31 heavy (non-hydrogen) atoms. The lowest BCUT2D eigenvalue weighted by molar-refractivity contribution is 0.0717. The number of aromatic amines is 1. The molecule has 5 heterocycles. The number of likely N-dealkylation sites (tertiary alicyclic amines) is 1. The average Bonchev–Trinajstić information content (AvgIpc) is 3.50. The molecule has 3 aromatic heterocycles. The van der Waals surface area contributed by atoms with E-state index in [1.807, 2.05) is 0 Å². The molecule has 2 aliphatic heterocycles. The van der Waals surface area contributed by atoms with Crippen LogP contribution in [0.3, 0.4) is 0 Å². The highest BCUT2D eigenvalue weighted by molar-refractivity contribution is 7.10. The van der Waals surface area contributed by atoms with E-state index in [0.29, 0.717) is 24.6 Å². The van der Waals surface area contributed by atoms with E-state index in [2.05, 4.69) is 38.6 Å². The zero-order valence-electron chi connectivity index (χ0n) is 17.6. The van der Waals surface area contributed by atoms with E-state index in [1.54, 1.807) is 23.2 Å². The first kappa shape index (κ1) is 20.1. The van der Waals surface area contributed by atoms with Crippen molar-refractivity contribution < 1.29 is 9.42 Å². The van der Waals surface area contributed by atoms with Crippen LogP contribution in [-0.4, -0.2) is 49.1 Å². The van der Waals surface area contributed by atoms with E-state index in [1.165, 1.54) is 10.4 Å². The molecule has 2 aliphatic rings. The molecule has 1 N–H and O–H groups in total. The van der Waals surface area contributed by atoms with E-state index < -0.39 is 0 Å². The number of H-pyrrole nitrogens is 1. The van der Waals surface area contributed by atoms with Gasteiger partial charge in [-0.1, -0.05) is 5.16 Å². The van der Waals surface area contributed by atoms with Crippen LogP contribution in [0.25, 0.3) is 0 Å². The second-order valence-corrected chi connectivity index (χ2v) is 9.22. The Morgan fingerprint density at radius 3 is 2.94 bits per heavy atom. The van der Waals surface area contributed by atoms with Crippen LogP contribution in [0.2, 0.25) is 0 Å². The monoisotopic (exact) mass is 440 g/mol. The van der Waals surface area contributed by atoms with Crippen LogP contribution >= 0.6 is 11.3 Å². The van der Waals surface area contributed by atoms with Gasteiger partial charge in [-0.2, -0.15) is 0 Å². The van der Waals surface area contributed by atoms with Gasteiger partial charge in [0.05, 0.1) is 17.3 Å². The van der Waals surface area contributed by atoms with Gasteiger partial charge in [0.2, 0.25) is 0 Å². The van der Waals surface area contributed by atoms with Crippen LogP contribution in [0.15, 0.2) is 20.9 Å². The molecule has 162 valence electrons. The van der Waals surface area contributed by atoms with Crippen molar-refractivity contribution in [1.29, 1.82) is 0 Å². The lowest BCUT2D eigenvalue weighted by Crippen LogP contribution is -2.38. The van der Waals surface area contributed by atoms with Gasteiger partial charge in [-0.25, -0.2) is 9.61 Å². The molecule has 0 spiro atoms. The van der Waals surface area contributed by atoms with Gasteiger partial charge in [-0.15, -0.1) is 11.3 Å². The van der Waals surface area contributed by atoms with E-state index in [4.69, 9.17) is 9.61 Å². The van der Waals surface area contributed by atoms with Crippen LogP contribution in [0, 0.1) is 13.8 Å². The zero-order valence-corrected chi connectivity index (χ0v) is 18.4. The molecule has 0 radical (unpaired) electrons. The first-order valence-electron chi connectivity index (χ1n) is 10.5. The molecule has 1 fully saturated rings. The van der Waals surface area contributed by atoms with E-state index in [0.717, 1.165) is 43.6 Å². The Balaban J connectivity index is 1.38. The second-order valence-electron chi connectivity index (χ2n) is 8.22. The number of hydrogen-bond acceptors (Lipinski definition) is 8. The maximum absolute atomic E-state index is 13.0. The number of aryl methyl sites for hydroxylation is 2. The normalized spacial score (nSPS) is 19.0. The summed E-state index contributed by atoms with van der Waals surface area (Å²) in [6.45, 7) is 6.70. The highest BCUT2D eigenvalue weighted by Crippen LogP contribution is 2.32. The van der Waals surface area contributed by atoms with Crippen molar-refractivity contribution in [3.05, 3.63) is 60.7 Å². The van der Waals surface area contributed by atoms with Gasteiger partial charge in [-0.05, 0) is 48.9 Å². The Morgan fingerprint density at radius 1 is 1.32 bits per heavy atom. The third kappa shape index (κ3) is 3.70. The molecule has 0 aliphatic carbocycles. The Hall–Kier alpha value is -2.85. The van der Waals surface area contributed by atoms with Crippen molar-refractivity contribution in [3.8, 4) is 0 Å². The Bertz CT molecular complexity index is 1180. The van der Waals surface area contributed by atoms with E-state index >= 15 is 0 Å². The van der Waals surface area contributed by atoms with Crippen molar-refractivity contribution in [2.24, 2.45) is 0 Å². The topological polar surface area (TPSA) is 108 Å². The number of thiophene rings is 1. The fraction of sp³-hybridized carbons (Fsp3) is 0.476. The molecule has 5 rings (SSSR count). The standard InChI is InChI=1S/C21H24N6O3S/c1-12-6-9-31-17(12)11-26-8-5-15-14(10-26)20(28)23-19(22-15)16-4-3-7-27(16)21(29)18-13(2)24-30-25-18/h6,9,16H,3-5,7-8,10-11H2,1-2H3,(H,22,23,28)/t16-/m0/s1. The number of aromatic nitrogens is 4. The third-order valence-corrected chi connectivity index (χ3v) is 7.19. The van der Waals surface area contributed by atoms with Crippen molar-refractivity contribution in [1.82, 2.24) is 30.1 Å². The molecule has 1 saturated heterocycles. The third-order valence-electron chi connectivity index (χ3n) is 6.19. The van der Waals surface area contributed by atoms with Gasteiger partial charge < -0.3 is 9.88 Å². The lowest BCUT2D eigenvalue weighted by Gasteiger charge is -2.29. The maximum atomic E-state index is 13.0. The molecule has 3 aromatic rings. The van der Waals surface area contributed by atoms with Gasteiger partial charge >= 0.3 is 0 Å². The first-order valence-corrected chi connectivity index (χ1v) is 11.4. The predicted molar refractivity (Wildman–Crippen MR) is 114 cm³/mol. The SMILES string of the molecule is Cc1ccsc1CN1CCc2nc([C@@H]3CCCN3C(=O)c3nonc3C)[nH]c(=O)c2C1. The summed E-state index contributed by atoms with van der Waals surface area (Å²) in [6.07, 6.45) is 2.32. The molecule has 9 nitrogen and oxygen atoms in total. The minimum absolute atomic E-state index is 0.105. The Kier molecular flexibility index (Phi) is 5.19.